The monoisotopic (exact) mass is 343 g/mol. The van der Waals surface area contributed by atoms with Crippen LogP contribution in [0.15, 0.2) is 36.4 Å². The average molecular weight is 343 g/mol. The van der Waals surface area contributed by atoms with Crippen LogP contribution in [0.1, 0.15) is 43.9 Å². The fraction of sp³-hybridized carbons (Fsp3) is 0.381. The van der Waals surface area contributed by atoms with Crippen LogP contribution in [0.4, 0.5) is 14.5 Å². The first-order chi connectivity index (χ1) is 11.8. The maximum absolute atomic E-state index is 13.8. The molecule has 0 unspecified atom stereocenters. The minimum Gasteiger partial charge on any atom is -0.312 e. The summed E-state index contributed by atoms with van der Waals surface area (Å²) < 4.78 is 27.7. The Morgan fingerprint density at radius 3 is 2.44 bits per heavy atom. The number of fused-ring (bicyclic) bond motifs is 1. The summed E-state index contributed by atoms with van der Waals surface area (Å²) in [6, 6.07) is 9.83. The van der Waals surface area contributed by atoms with Gasteiger partial charge in [-0.2, -0.15) is 0 Å². The molecule has 1 aliphatic rings. The molecule has 25 heavy (non-hydrogen) atoms. The SMILES string of the molecule is CC(C)(C)c1ccc2c(c1)CCCN2C(=O)Cc1c(F)cccc1F. The van der Waals surface area contributed by atoms with Crippen LogP contribution < -0.4 is 4.90 Å². The van der Waals surface area contributed by atoms with Gasteiger partial charge in [0.05, 0.1) is 6.42 Å². The minimum absolute atomic E-state index is 0.0393. The van der Waals surface area contributed by atoms with Crippen LogP contribution in [0.5, 0.6) is 0 Å². The molecule has 1 amide bonds. The first-order valence-corrected chi connectivity index (χ1v) is 8.64. The topological polar surface area (TPSA) is 20.3 Å². The molecule has 2 nitrogen and oxygen atoms in total. The zero-order chi connectivity index (χ0) is 18.2. The number of carbonyl (C=O) groups excluding carboxylic acids is 1. The Hall–Kier alpha value is -2.23. The molecular formula is C21H23F2NO. The lowest BCUT2D eigenvalue weighted by molar-refractivity contribution is -0.118. The molecule has 3 rings (SSSR count). The molecule has 1 aliphatic heterocycles. The second-order valence-electron chi connectivity index (χ2n) is 7.62. The molecule has 132 valence electrons. The van der Waals surface area contributed by atoms with E-state index in [-0.39, 0.29) is 23.3 Å². The lowest BCUT2D eigenvalue weighted by Gasteiger charge is -2.31. The molecule has 0 bridgehead atoms. The van der Waals surface area contributed by atoms with Gasteiger partial charge in [0.2, 0.25) is 5.91 Å². The average Bonchev–Trinajstić information content (AvgIpc) is 2.56. The second kappa shape index (κ2) is 6.58. The van der Waals surface area contributed by atoms with Gasteiger partial charge in [-0.05, 0) is 47.6 Å². The number of rotatable bonds is 2. The Balaban J connectivity index is 1.89. The van der Waals surface area contributed by atoms with Crippen LogP contribution in [0, 0.1) is 11.6 Å². The molecule has 2 aromatic rings. The summed E-state index contributed by atoms with van der Waals surface area (Å²) in [6.45, 7) is 7.04. The maximum atomic E-state index is 13.8. The van der Waals surface area contributed by atoms with Gasteiger partial charge in [0.1, 0.15) is 11.6 Å². The number of amides is 1. The zero-order valence-electron chi connectivity index (χ0n) is 14.9. The predicted molar refractivity (Wildman–Crippen MR) is 95.9 cm³/mol. The predicted octanol–water partition coefficient (Wildman–Crippen LogP) is 4.78. The first-order valence-electron chi connectivity index (χ1n) is 8.64. The molecule has 0 N–H and O–H groups in total. The molecule has 0 saturated carbocycles. The van der Waals surface area contributed by atoms with Crippen LogP contribution in [-0.2, 0) is 23.1 Å². The number of halogens is 2. The third-order valence-corrected chi connectivity index (χ3v) is 4.75. The molecule has 2 aromatic carbocycles. The van der Waals surface area contributed by atoms with Gasteiger partial charge in [-0.3, -0.25) is 4.79 Å². The molecular weight excluding hydrogens is 320 g/mol. The molecule has 0 radical (unpaired) electrons. The van der Waals surface area contributed by atoms with Crippen LogP contribution in [0.25, 0.3) is 0 Å². The van der Waals surface area contributed by atoms with Crippen molar-refractivity contribution in [1.82, 2.24) is 0 Å². The first kappa shape index (κ1) is 17.6. The Morgan fingerprint density at radius 1 is 1.12 bits per heavy atom. The highest BCUT2D eigenvalue weighted by atomic mass is 19.1. The number of hydrogen-bond acceptors (Lipinski definition) is 1. The number of nitrogens with zero attached hydrogens (tertiary/aromatic N) is 1. The van der Waals surface area contributed by atoms with Crippen LogP contribution in [-0.4, -0.2) is 12.5 Å². The summed E-state index contributed by atoms with van der Waals surface area (Å²) in [5, 5.41) is 0. The summed E-state index contributed by atoms with van der Waals surface area (Å²) in [4.78, 5) is 14.4. The Kier molecular flexibility index (Phi) is 4.63. The number of hydrogen-bond donors (Lipinski definition) is 0. The van der Waals surface area contributed by atoms with Gasteiger partial charge in [0, 0.05) is 17.8 Å². The molecule has 0 aromatic heterocycles. The Labute approximate surface area is 147 Å². The van der Waals surface area contributed by atoms with Crippen molar-refractivity contribution in [2.45, 2.75) is 45.4 Å². The third-order valence-electron chi connectivity index (χ3n) is 4.75. The van der Waals surface area contributed by atoms with Gasteiger partial charge in [0.25, 0.3) is 0 Å². The smallest absolute Gasteiger partial charge is 0.231 e. The largest absolute Gasteiger partial charge is 0.312 e. The Bertz CT molecular complexity index is 788. The van der Waals surface area contributed by atoms with E-state index in [1.807, 2.05) is 12.1 Å². The van der Waals surface area contributed by atoms with Crippen LogP contribution in [0.2, 0.25) is 0 Å². The van der Waals surface area contributed by atoms with Gasteiger partial charge in [-0.25, -0.2) is 8.78 Å². The minimum atomic E-state index is -0.673. The highest BCUT2D eigenvalue weighted by Gasteiger charge is 2.26. The fourth-order valence-electron chi connectivity index (χ4n) is 3.27. The zero-order valence-corrected chi connectivity index (χ0v) is 14.9. The van der Waals surface area contributed by atoms with E-state index >= 15 is 0 Å². The molecule has 4 heteroatoms. The molecule has 1 heterocycles. The van der Waals surface area contributed by atoms with Crippen molar-refractivity contribution in [3.8, 4) is 0 Å². The van der Waals surface area contributed by atoms with E-state index in [1.54, 1.807) is 4.90 Å². The highest BCUT2D eigenvalue weighted by Crippen LogP contribution is 2.32. The van der Waals surface area contributed by atoms with E-state index in [0.29, 0.717) is 6.54 Å². The van der Waals surface area contributed by atoms with Crippen LogP contribution >= 0.6 is 0 Å². The van der Waals surface area contributed by atoms with Crippen molar-refractivity contribution in [3.63, 3.8) is 0 Å². The lowest BCUT2D eigenvalue weighted by Crippen LogP contribution is -2.37. The van der Waals surface area contributed by atoms with E-state index in [4.69, 9.17) is 0 Å². The number of anilines is 1. The summed E-state index contributed by atoms with van der Waals surface area (Å²) in [5.41, 5.74) is 3.09. The van der Waals surface area contributed by atoms with E-state index in [2.05, 4.69) is 26.8 Å². The van der Waals surface area contributed by atoms with Crippen molar-refractivity contribution in [2.24, 2.45) is 0 Å². The van der Waals surface area contributed by atoms with Gasteiger partial charge in [-0.15, -0.1) is 0 Å². The summed E-state index contributed by atoms with van der Waals surface area (Å²) >= 11 is 0. The number of benzene rings is 2. The lowest BCUT2D eigenvalue weighted by atomic mass is 9.84. The standard InChI is InChI=1S/C21H23F2NO/c1-21(2,3)15-9-10-19-14(12-15)6-5-11-24(19)20(25)13-16-17(22)7-4-8-18(16)23/h4,7-10,12H,5-6,11,13H2,1-3H3. The molecule has 0 fully saturated rings. The second-order valence-corrected chi connectivity index (χ2v) is 7.62. The number of carbonyl (C=O) groups is 1. The molecule has 0 aliphatic carbocycles. The van der Waals surface area contributed by atoms with E-state index < -0.39 is 11.6 Å². The fourth-order valence-corrected chi connectivity index (χ4v) is 3.27. The summed E-state index contributed by atoms with van der Waals surface area (Å²) in [5.74, 6) is -1.62. The molecule has 0 atom stereocenters. The summed E-state index contributed by atoms with van der Waals surface area (Å²) in [6.07, 6.45) is 1.50. The van der Waals surface area contributed by atoms with Gasteiger partial charge in [-0.1, -0.05) is 39.0 Å². The van der Waals surface area contributed by atoms with Crippen molar-refractivity contribution in [2.75, 3.05) is 11.4 Å². The van der Waals surface area contributed by atoms with Crippen molar-refractivity contribution in [3.05, 3.63) is 64.7 Å². The quantitative estimate of drug-likeness (QED) is 0.768. The third kappa shape index (κ3) is 3.58. The van der Waals surface area contributed by atoms with Crippen LogP contribution in [0.3, 0.4) is 0 Å². The summed E-state index contributed by atoms with van der Waals surface area (Å²) in [7, 11) is 0. The normalized spacial score (nSPS) is 14.4. The van der Waals surface area contributed by atoms with E-state index in [0.717, 1.165) is 24.1 Å². The molecule has 0 saturated heterocycles. The van der Waals surface area contributed by atoms with Crippen molar-refractivity contribution < 1.29 is 13.6 Å². The van der Waals surface area contributed by atoms with Gasteiger partial charge in [0.15, 0.2) is 0 Å². The molecule has 0 spiro atoms. The number of aryl methyl sites for hydroxylation is 1. The maximum Gasteiger partial charge on any atom is 0.231 e. The Morgan fingerprint density at radius 2 is 1.80 bits per heavy atom. The van der Waals surface area contributed by atoms with E-state index in [9.17, 15) is 13.6 Å². The van der Waals surface area contributed by atoms with Gasteiger partial charge >= 0.3 is 0 Å². The highest BCUT2D eigenvalue weighted by molar-refractivity contribution is 5.96. The van der Waals surface area contributed by atoms with E-state index in [1.165, 1.54) is 23.8 Å². The van der Waals surface area contributed by atoms with Crippen molar-refractivity contribution >= 4 is 11.6 Å². The van der Waals surface area contributed by atoms with Gasteiger partial charge < -0.3 is 4.90 Å². The van der Waals surface area contributed by atoms with Crippen molar-refractivity contribution in [1.29, 1.82) is 0 Å².